The van der Waals surface area contributed by atoms with Crippen LogP contribution in [0.5, 0.6) is 0 Å². The minimum atomic E-state index is 0.150. The minimum absolute atomic E-state index is 0.150. The van der Waals surface area contributed by atoms with Crippen molar-refractivity contribution in [2.75, 3.05) is 26.2 Å². The van der Waals surface area contributed by atoms with Gasteiger partial charge in [-0.2, -0.15) is 0 Å². The zero-order chi connectivity index (χ0) is 23.7. The fourth-order valence-corrected chi connectivity index (χ4v) is 7.08. The topological polar surface area (TPSA) is 36.4 Å². The molecule has 3 aliphatic rings. The van der Waals surface area contributed by atoms with Crippen LogP contribution in [0.1, 0.15) is 66.6 Å². The molecule has 1 saturated carbocycles. The summed E-state index contributed by atoms with van der Waals surface area (Å²) in [5.74, 6) is 0.858. The number of aromatic nitrogens is 1. The Morgan fingerprint density at radius 3 is 2.50 bits per heavy atom. The molecule has 1 aromatic carbocycles. The summed E-state index contributed by atoms with van der Waals surface area (Å²) >= 11 is 12.5. The van der Waals surface area contributed by atoms with E-state index >= 15 is 0 Å². The van der Waals surface area contributed by atoms with Gasteiger partial charge in [0.25, 0.3) is 5.91 Å². The highest BCUT2D eigenvalue weighted by Crippen LogP contribution is 2.50. The van der Waals surface area contributed by atoms with Gasteiger partial charge in [-0.3, -0.25) is 14.7 Å². The minimum Gasteiger partial charge on any atom is -0.339 e. The normalized spacial score (nSPS) is 23.5. The number of hydrogen-bond acceptors (Lipinski definition) is 3. The maximum absolute atomic E-state index is 13.0. The molecular weight excluding hydrogens is 465 g/mol. The third kappa shape index (κ3) is 5.01. The highest BCUT2D eigenvalue weighted by molar-refractivity contribution is 6.42. The van der Waals surface area contributed by atoms with Crippen LogP contribution in [-0.4, -0.2) is 52.9 Å². The average molecular weight is 501 g/mol. The number of piperidine rings is 2. The van der Waals surface area contributed by atoms with Gasteiger partial charge in [0.05, 0.1) is 10.0 Å². The fraction of sp³-hybridized carbons (Fsp3) is 0.571. The highest BCUT2D eigenvalue weighted by Gasteiger charge is 2.46. The summed E-state index contributed by atoms with van der Waals surface area (Å²) < 4.78 is 0. The number of nitrogens with zero attached hydrogens (tertiary/aromatic N) is 3. The van der Waals surface area contributed by atoms with Crippen molar-refractivity contribution in [1.29, 1.82) is 0 Å². The van der Waals surface area contributed by atoms with Crippen LogP contribution in [0.4, 0.5) is 0 Å². The molecule has 2 saturated heterocycles. The van der Waals surface area contributed by atoms with E-state index in [0.29, 0.717) is 27.4 Å². The number of pyridine rings is 1. The maximum Gasteiger partial charge on any atom is 0.253 e. The van der Waals surface area contributed by atoms with Crippen molar-refractivity contribution < 1.29 is 4.79 Å². The van der Waals surface area contributed by atoms with E-state index in [0.717, 1.165) is 50.2 Å². The fourth-order valence-electron chi connectivity index (χ4n) is 6.76. The molecule has 5 rings (SSSR count). The Morgan fingerprint density at radius 2 is 1.79 bits per heavy atom. The summed E-state index contributed by atoms with van der Waals surface area (Å²) in [7, 11) is 0. The summed E-state index contributed by atoms with van der Waals surface area (Å²) in [6.07, 6.45) is 11.6. The van der Waals surface area contributed by atoms with Crippen LogP contribution in [0, 0.1) is 18.3 Å². The Balaban J connectivity index is 1.22. The van der Waals surface area contributed by atoms with E-state index in [1.54, 1.807) is 6.20 Å². The largest absolute Gasteiger partial charge is 0.339 e. The Kier molecular flexibility index (Phi) is 7.20. The highest BCUT2D eigenvalue weighted by atomic mass is 35.5. The summed E-state index contributed by atoms with van der Waals surface area (Å²) in [5.41, 5.74) is 3.40. The number of carbonyl (C=O) groups is 1. The first-order valence-electron chi connectivity index (χ1n) is 12.8. The molecule has 6 heteroatoms. The third-order valence-electron chi connectivity index (χ3n) is 8.63. The van der Waals surface area contributed by atoms with Crippen LogP contribution in [0.25, 0.3) is 0 Å². The zero-order valence-electron chi connectivity index (χ0n) is 20.1. The molecule has 1 atom stereocenters. The van der Waals surface area contributed by atoms with Gasteiger partial charge in [0, 0.05) is 43.1 Å². The van der Waals surface area contributed by atoms with Crippen LogP contribution in [0.2, 0.25) is 10.0 Å². The summed E-state index contributed by atoms with van der Waals surface area (Å²) in [4.78, 5) is 22.0. The van der Waals surface area contributed by atoms with Crippen LogP contribution in [0.3, 0.4) is 0 Å². The number of hydrogen-bond donors (Lipinski definition) is 0. The lowest BCUT2D eigenvalue weighted by molar-refractivity contribution is -0.00769. The lowest BCUT2D eigenvalue weighted by Crippen LogP contribution is -2.54. The van der Waals surface area contributed by atoms with Gasteiger partial charge in [-0.25, -0.2) is 0 Å². The molecule has 34 heavy (non-hydrogen) atoms. The lowest BCUT2D eigenvalue weighted by Gasteiger charge is -2.50. The second-order valence-corrected chi connectivity index (χ2v) is 11.5. The molecular formula is C28H35Cl2N3O. The first-order chi connectivity index (χ1) is 16.4. The van der Waals surface area contributed by atoms with Gasteiger partial charge in [-0.05, 0) is 93.2 Å². The Labute approximate surface area is 213 Å². The van der Waals surface area contributed by atoms with Gasteiger partial charge in [0.2, 0.25) is 0 Å². The summed E-state index contributed by atoms with van der Waals surface area (Å²) in [6, 6.07) is 10.5. The SMILES string of the molecule is Cc1cc(C(=O)N2CCC(N3CCC(Cc4ccc(Cl)c(Cl)c4)C4(CCCC4)C3)CC2)ccn1. The van der Waals surface area contributed by atoms with Crippen molar-refractivity contribution in [2.45, 2.75) is 64.3 Å². The smallest absolute Gasteiger partial charge is 0.253 e. The second kappa shape index (κ2) is 10.2. The molecule has 1 aromatic heterocycles. The van der Waals surface area contributed by atoms with Crippen molar-refractivity contribution in [1.82, 2.24) is 14.8 Å². The van der Waals surface area contributed by atoms with Crippen molar-refractivity contribution in [3.05, 3.63) is 63.4 Å². The van der Waals surface area contributed by atoms with E-state index in [1.807, 2.05) is 30.0 Å². The zero-order valence-corrected chi connectivity index (χ0v) is 21.6. The van der Waals surface area contributed by atoms with E-state index in [-0.39, 0.29) is 5.91 Å². The number of likely N-dealkylation sites (tertiary alicyclic amines) is 2. The van der Waals surface area contributed by atoms with Gasteiger partial charge in [-0.15, -0.1) is 0 Å². The molecule has 2 aliphatic heterocycles. The van der Waals surface area contributed by atoms with E-state index < -0.39 is 0 Å². The summed E-state index contributed by atoms with van der Waals surface area (Å²) in [6.45, 7) is 6.01. The molecule has 4 nitrogen and oxygen atoms in total. The third-order valence-corrected chi connectivity index (χ3v) is 9.36. The number of halogens is 2. The molecule has 182 valence electrons. The van der Waals surface area contributed by atoms with Gasteiger partial charge in [0.15, 0.2) is 0 Å². The molecule has 1 aliphatic carbocycles. The van der Waals surface area contributed by atoms with Gasteiger partial charge >= 0.3 is 0 Å². The molecule has 1 spiro atoms. The van der Waals surface area contributed by atoms with Crippen molar-refractivity contribution in [3.63, 3.8) is 0 Å². The van der Waals surface area contributed by atoms with Crippen LogP contribution in [-0.2, 0) is 6.42 Å². The molecule has 1 unspecified atom stereocenters. The van der Waals surface area contributed by atoms with E-state index in [1.165, 1.54) is 44.2 Å². The van der Waals surface area contributed by atoms with Crippen molar-refractivity contribution >= 4 is 29.1 Å². The lowest BCUT2D eigenvalue weighted by atomic mass is 9.67. The van der Waals surface area contributed by atoms with Gasteiger partial charge < -0.3 is 4.90 Å². The molecule has 2 aromatic rings. The number of carbonyl (C=O) groups excluding carboxylic acids is 1. The quantitative estimate of drug-likeness (QED) is 0.486. The molecule has 3 fully saturated rings. The molecule has 0 radical (unpaired) electrons. The predicted octanol–water partition coefficient (Wildman–Crippen LogP) is 6.43. The second-order valence-electron chi connectivity index (χ2n) is 10.7. The summed E-state index contributed by atoms with van der Waals surface area (Å²) in [5, 5.41) is 1.31. The molecule has 1 amide bonds. The number of aryl methyl sites for hydroxylation is 1. The average Bonchev–Trinajstić information content (AvgIpc) is 3.31. The maximum atomic E-state index is 13.0. The first kappa shape index (κ1) is 24.1. The van der Waals surface area contributed by atoms with E-state index in [9.17, 15) is 4.79 Å². The Hall–Kier alpha value is -1.62. The number of rotatable bonds is 4. The standard InChI is InChI=1S/C28H35Cl2N3O/c1-20-16-22(6-12-31-20)27(34)32-14-8-24(9-15-32)33-13-7-23(28(19-33)10-2-3-11-28)17-21-4-5-25(29)26(30)18-21/h4-6,12,16,18,23-24H,2-3,7-11,13-15,17,19H2,1H3. The van der Waals surface area contributed by atoms with E-state index in [4.69, 9.17) is 23.2 Å². The van der Waals surface area contributed by atoms with Gasteiger partial charge in [-0.1, -0.05) is 42.1 Å². The monoisotopic (exact) mass is 499 g/mol. The van der Waals surface area contributed by atoms with Crippen molar-refractivity contribution in [3.8, 4) is 0 Å². The van der Waals surface area contributed by atoms with Crippen LogP contribution >= 0.6 is 23.2 Å². The molecule has 0 N–H and O–H groups in total. The van der Waals surface area contributed by atoms with Crippen LogP contribution in [0.15, 0.2) is 36.5 Å². The number of benzene rings is 1. The molecule has 3 heterocycles. The Bertz CT molecular complexity index is 1030. The van der Waals surface area contributed by atoms with Crippen LogP contribution < -0.4 is 0 Å². The van der Waals surface area contributed by atoms with E-state index in [2.05, 4.69) is 22.0 Å². The number of amides is 1. The predicted molar refractivity (Wildman–Crippen MR) is 139 cm³/mol. The Morgan fingerprint density at radius 1 is 1.03 bits per heavy atom. The first-order valence-corrected chi connectivity index (χ1v) is 13.6. The van der Waals surface area contributed by atoms with Gasteiger partial charge in [0.1, 0.15) is 0 Å². The molecule has 0 bridgehead atoms. The van der Waals surface area contributed by atoms with Crippen molar-refractivity contribution in [2.24, 2.45) is 11.3 Å².